The summed E-state index contributed by atoms with van der Waals surface area (Å²) in [5, 5.41) is 12.9. The number of methoxy groups -OCH3 is 1. The molecular formula is C19H28ClNO3. The van der Waals surface area contributed by atoms with Crippen LogP contribution in [0.5, 0.6) is 0 Å². The molecule has 1 aromatic carbocycles. The Labute approximate surface area is 150 Å². The van der Waals surface area contributed by atoms with Gasteiger partial charge < -0.3 is 15.2 Å². The molecule has 134 valence electrons. The number of ether oxygens (including phenoxy) is 1. The van der Waals surface area contributed by atoms with Gasteiger partial charge in [0.15, 0.2) is 0 Å². The van der Waals surface area contributed by atoms with E-state index in [4.69, 9.17) is 9.84 Å². The first-order chi connectivity index (χ1) is 11.1. The van der Waals surface area contributed by atoms with E-state index in [0.717, 1.165) is 38.8 Å². The molecule has 0 amide bonds. The highest BCUT2D eigenvalue weighted by Gasteiger charge is 2.36. The van der Waals surface area contributed by atoms with Crippen molar-refractivity contribution in [2.75, 3.05) is 20.3 Å². The predicted molar refractivity (Wildman–Crippen MR) is 97.2 cm³/mol. The molecule has 0 saturated heterocycles. The summed E-state index contributed by atoms with van der Waals surface area (Å²) in [5.74, 6) is -0.835. The van der Waals surface area contributed by atoms with Gasteiger partial charge in [-0.25, -0.2) is 4.79 Å². The number of carboxylic acids is 1. The number of carbonyl (C=O) groups is 1. The predicted octanol–water partition coefficient (Wildman–Crippen LogP) is 3.46. The van der Waals surface area contributed by atoms with Gasteiger partial charge in [0.2, 0.25) is 0 Å². The van der Waals surface area contributed by atoms with Crippen LogP contribution in [0.3, 0.4) is 0 Å². The van der Waals surface area contributed by atoms with Crippen LogP contribution in [0.25, 0.3) is 0 Å². The van der Waals surface area contributed by atoms with Gasteiger partial charge in [0, 0.05) is 26.3 Å². The van der Waals surface area contributed by atoms with Crippen molar-refractivity contribution in [1.82, 2.24) is 5.32 Å². The van der Waals surface area contributed by atoms with Crippen LogP contribution in [0.4, 0.5) is 0 Å². The van der Waals surface area contributed by atoms with Crippen molar-refractivity contribution in [3.8, 4) is 0 Å². The fraction of sp³-hybridized carbons (Fsp3) is 0.632. The van der Waals surface area contributed by atoms with Crippen LogP contribution in [0.2, 0.25) is 0 Å². The fourth-order valence-electron chi connectivity index (χ4n) is 3.93. The molecule has 1 unspecified atom stereocenters. The SMILES string of the molecule is COCCC1(CNC2CCc3cc(C(=O)O)ccc3C2)CCC1.Cl. The average molecular weight is 354 g/mol. The molecule has 0 spiro atoms. The summed E-state index contributed by atoms with van der Waals surface area (Å²) < 4.78 is 5.27. The van der Waals surface area contributed by atoms with E-state index in [1.165, 1.54) is 30.4 Å². The smallest absolute Gasteiger partial charge is 0.335 e. The van der Waals surface area contributed by atoms with E-state index in [1.54, 1.807) is 13.2 Å². The van der Waals surface area contributed by atoms with Crippen LogP contribution in [-0.4, -0.2) is 37.4 Å². The molecule has 5 heteroatoms. The molecule has 0 bridgehead atoms. The number of benzene rings is 1. The third-order valence-corrected chi connectivity index (χ3v) is 5.70. The zero-order valence-corrected chi connectivity index (χ0v) is 15.2. The number of hydrogen-bond acceptors (Lipinski definition) is 3. The summed E-state index contributed by atoms with van der Waals surface area (Å²) in [4.78, 5) is 11.1. The van der Waals surface area contributed by atoms with E-state index >= 15 is 0 Å². The summed E-state index contributed by atoms with van der Waals surface area (Å²) >= 11 is 0. The quantitative estimate of drug-likeness (QED) is 0.788. The van der Waals surface area contributed by atoms with Gasteiger partial charge in [-0.3, -0.25) is 0 Å². The van der Waals surface area contributed by atoms with E-state index in [2.05, 4.69) is 5.32 Å². The second-order valence-corrected chi connectivity index (χ2v) is 7.21. The summed E-state index contributed by atoms with van der Waals surface area (Å²) in [6, 6.07) is 6.09. The lowest BCUT2D eigenvalue weighted by atomic mass is 9.66. The normalized spacial score (nSPS) is 21.3. The number of aromatic carboxylic acids is 1. The first-order valence-electron chi connectivity index (χ1n) is 8.69. The first-order valence-corrected chi connectivity index (χ1v) is 8.69. The van der Waals surface area contributed by atoms with Crippen LogP contribution in [0.1, 0.15) is 53.6 Å². The second kappa shape index (κ2) is 8.32. The molecule has 1 saturated carbocycles. The van der Waals surface area contributed by atoms with Crippen molar-refractivity contribution in [1.29, 1.82) is 0 Å². The topological polar surface area (TPSA) is 58.6 Å². The maximum Gasteiger partial charge on any atom is 0.335 e. The minimum absolute atomic E-state index is 0. The largest absolute Gasteiger partial charge is 0.478 e. The highest BCUT2D eigenvalue weighted by molar-refractivity contribution is 5.87. The summed E-state index contributed by atoms with van der Waals surface area (Å²) in [6.45, 7) is 1.94. The van der Waals surface area contributed by atoms with Gasteiger partial charge in [-0.1, -0.05) is 12.5 Å². The van der Waals surface area contributed by atoms with Crippen LogP contribution in [0, 0.1) is 5.41 Å². The molecule has 0 radical (unpaired) electrons. The van der Waals surface area contributed by atoms with Crippen molar-refractivity contribution in [2.45, 2.75) is 51.0 Å². The molecular weight excluding hydrogens is 326 g/mol. The number of aryl methyl sites for hydroxylation is 1. The third kappa shape index (κ3) is 4.29. The Morgan fingerprint density at radius 2 is 2.17 bits per heavy atom. The Kier molecular flexibility index (Phi) is 6.67. The average Bonchev–Trinajstić information content (AvgIpc) is 2.53. The Morgan fingerprint density at radius 1 is 1.38 bits per heavy atom. The van der Waals surface area contributed by atoms with Crippen molar-refractivity contribution >= 4 is 18.4 Å². The summed E-state index contributed by atoms with van der Waals surface area (Å²) in [5.41, 5.74) is 3.37. The molecule has 0 aromatic heterocycles. The lowest BCUT2D eigenvalue weighted by molar-refractivity contribution is 0.0657. The Balaban J connectivity index is 0.00000208. The first kappa shape index (κ1) is 19.2. The summed E-state index contributed by atoms with van der Waals surface area (Å²) in [6.07, 6.45) is 8.20. The van der Waals surface area contributed by atoms with Gasteiger partial charge in [0.1, 0.15) is 0 Å². The highest BCUT2D eigenvalue weighted by atomic mass is 35.5. The molecule has 1 fully saturated rings. The number of halogens is 1. The molecule has 2 N–H and O–H groups in total. The molecule has 24 heavy (non-hydrogen) atoms. The van der Waals surface area contributed by atoms with Gasteiger partial charge in [-0.05, 0) is 67.2 Å². The molecule has 3 rings (SSSR count). The van der Waals surface area contributed by atoms with E-state index in [1.807, 2.05) is 12.1 Å². The molecule has 0 heterocycles. The van der Waals surface area contributed by atoms with Gasteiger partial charge >= 0.3 is 5.97 Å². The van der Waals surface area contributed by atoms with Crippen LogP contribution in [-0.2, 0) is 17.6 Å². The lowest BCUT2D eigenvalue weighted by Crippen LogP contribution is -2.46. The molecule has 2 aliphatic rings. The highest BCUT2D eigenvalue weighted by Crippen LogP contribution is 2.43. The van der Waals surface area contributed by atoms with Gasteiger partial charge in [-0.2, -0.15) is 0 Å². The van der Waals surface area contributed by atoms with Crippen molar-refractivity contribution in [2.24, 2.45) is 5.41 Å². The molecule has 0 aliphatic heterocycles. The van der Waals surface area contributed by atoms with E-state index in [-0.39, 0.29) is 12.4 Å². The maximum absolute atomic E-state index is 11.1. The summed E-state index contributed by atoms with van der Waals surface area (Å²) in [7, 11) is 1.78. The number of hydrogen-bond donors (Lipinski definition) is 2. The molecule has 2 aliphatic carbocycles. The zero-order chi connectivity index (χ0) is 16.3. The van der Waals surface area contributed by atoms with E-state index in [9.17, 15) is 4.79 Å². The Morgan fingerprint density at radius 3 is 2.79 bits per heavy atom. The third-order valence-electron chi connectivity index (χ3n) is 5.70. The van der Waals surface area contributed by atoms with Gasteiger partial charge in [0.05, 0.1) is 5.56 Å². The molecule has 1 aromatic rings. The van der Waals surface area contributed by atoms with Crippen LogP contribution >= 0.6 is 12.4 Å². The lowest BCUT2D eigenvalue weighted by Gasteiger charge is -2.43. The van der Waals surface area contributed by atoms with Gasteiger partial charge in [0.25, 0.3) is 0 Å². The van der Waals surface area contributed by atoms with Crippen molar-refractivity contribution in [3.63, 3.8) is 0 Å². The fourth-order valence-corrected chi connectivity index (χ4v) is 3.93. The minimum Gasteiger partial charge on any atom is -0.478 e. The maximum atomic E-state index is 11.1. The van der Waals surface area contributed by atoms with Crippen LogP contribution < -0.4 is 5.32 Å². The van der Waals surface area contributed by atoms with Crippen molar-refractivity contribution in [3.05, 3.63) is 34.9 Å². The monoisotopic (exact) mass is 353 g/mol. The Bertz CT molecular complexity index is 572. The van der Waals surface area contributed by atoms with Crippen LogP contribution in [0.15, 0.2) is 18.2 Å². The van der Waals surface area contributed by atoms with E-state index in [0.29, 0.717) is 17.0 Å². The number of fused-ring (bicyclic) bond motifs is 1. The number of rotatable bonds is 7. The second-order valence-electron chi connectivity index (χ2n) is 7.21. The van der Waals surface area contributed by atoms with Crippen molar-refractivity contribution < 1.29 is 14.6 Å². The molecule has 1 atom stereocenters. The number of carboxylic acid groups (broad SMARTS) is 1. The van der Waals surface area contributed by atoms with E-state index < -0.39 is 5.97 Å². The number of nitrogens with one attached hydrogen (secondary N) is 1. The molecule has 4 nitrogen and oxygen atoms in total. The minimum atomic E-state index is -0.835. The van der Waals surface area contributed by atoms with Gasteiger partial charge in [-0.15, -0.1) is 12.4 Å². The zero-order valence-electron chi connectivity index (χ0n) is 14.3. The Hall–Kier alpha value is -1.10. The standard InChI is InChI=1S/C19H27NO3.ClH/c1-23-10-9-19(7-2-8-19)13-20-17-6-5-14-11-16(18(21)22)4-3-15(14)12-17;/h3-4,11,17,20H,2,5-10,12-13H2,1H3,(H,21,22);1H.